The Kier molecular flexibility index (Phi) is 7.51. The molecule has 1 amide bonds. The van der Waals surface area contributed by atoms with E-state index >= 15 is 0 Å². The molecule has 4 aromatic rings. The van der Waals surface area contributed by atoms with Crippen molar-refractivity contribution in [3.05, 3.63) is 60.9 Å². The van der Waals surface area contributed by atoms with Crippen LogP contribution in [-0.2, 0) is 4.79 Å². The standard InChI is InChI=1S/C18H24N4O.C12H15N3/c23-18(14-4-7-19-8-5-14)22-12-10-21(11-13-22)17-3-1-2-16-15(17)6-9-20-16;1-2-11-10(4-5-14-11)12(3-1)15-8-6-13-7-9-15/h1-3,6,9,14,19-20H,4-5,7-8,10-13H2;1-5,13-14H,6-9H2. The minimum absolute atomic E-state index is 0.232. The van der Waals surface area contributed by atoms with Gasteiger partial charge in [0.2, 0.25) is 5.91 Å². The first kappa shape index (κ1) is 24.8. The summed E-state index contributed by atoms with van der Waals surface area (Å²) in [5.41, 5.74) is 5.04. The number of anilines is 2. The summed E-state index contributed by atoms with van der Waals surface area (Å²) in [6, 6.07) is 17.1. The van der Waals surface area contributed by atoms with Crippen LogP contribution in [0.25, 0.3) is 21.8 Å². The first-order valence-electron chi connectivity index (χ1n) is 14.1. The second-order valence-corrected chi connectivity index (χ2v) is 10.5. The number of H-pyrrole nitrogens is 2. The first-order valence-corrected chi connectivity index (χ1v) is 14.1. The molecule has 3 saturated heterocycles. The van der Waals surface area contributed by atoms with Gasteiger partial charge < -0.3 is 35.3 Å². The molecule has 4 N–H and O–H groups in total. The number of benzene rings is 2. The van der Waals surface area contributed by atoms with Crippen LogP contribution < -0.4 is 20.4 Å². The molecular weight excluding hydrogens is 474 g/mol. The van der Waals surface area contributed by atoms with Gasteiger partial charge in [0.05, 0.1) is 0 Å². The van der Waals surface area contributed by atoms with Crippen molar-refractivity contribution in [2.24, 2.45) is 5.92 Å². The highest BCUT2D eigenvalue weighted by atomic mass is 16.2. The normalized spacial score (nSPS) is 19.0. The first-order chi connectivity index (χ1) is 18.8. The summed E-state index contributed by atoms with van der Waals surface area (Å²) in [5, 5.41) is 9.31. The van der Waals surface area contributed by atoms with E-state index in [0.29, 0.717) is 5.91 Å². The van der Waals surface area contributed by atoms with Gasteiger partial charge in [0.1, 0.15) is 0 Å². The van der Waals surface area contributed by atoms with Crippen molar-refractivity contribution in [1.29, 1.82) is 0 Å². The van der Waals surface area contributed by atoms with E-state index in [1.54, 1.807) is 0 Å². The minimum Gasteiger partial charge on any atom is -0.368 e. The maximum atomic E-state index is 12.6. The smallest absolute Gasteiger partial charge is 0.225 e. The zero-order chi connectivity index (χ0) is 25.7. The van der Waals surface area contributed by atoms with Gasteiger partial charge in [0.25, 0.3) is 0 Å². The fourth-order valence-electron chi connectivity index (χ4n) is 6.09. The summed E-state index contributed by atoms with van der Waals surface area (Å²) in [6.07, 6.45) is 5.98. The number of nitrogens with one attached hydrogen (secondary N) is 4. The number of hydrogen-bond donors (Lipinski definition) is 4. The molecule has 0 bridgehead atoms. The predicted molar refractivity (Wildman–Crippen MR) is 156 cm³/mol. The van der Waals surface area contributed by atoms with Gasteiger partial charge >= 0.3 is 0 Å². The molecule has 0 saturated carbocycles. The van der Waals surface area contributed by atoms with Crippen LogP contribution >= 0.6 is 0 Å². The molecule has 0 atom stereocenters. The van der Waals surface area contributed by atoms with Crippen molar-refractivity contribution in [3.8, 4) is 0 Å². The Morgan fingerprint density at radius 2 is 1.16 bits per heavy atom. The molecule has 3 aliphatic rings. The van der Waals surface area contributed by atoms with Crippen molar-refractivity contribution in [2.75, 3.05) is 75.2 Å². The SMILES string of the molecule is O=C(C1CCNCC1)N1CCN(c2cccc3[nH]ccc23)CC1.c1cc(N2CCNCC2)c2cc[nH]c2c1. The van der Waals surface area contributed by atoms with E-state index in [1.165, 1.54) is 33.2 Å². The third-order valence-corrected chi connectivity index (χ3v) is 8.22. The molecule has 2 aromatic heterocycles. The lowest BCUT2D eigenvalue weighted by atomic mass is 9.96. The van der Waals surface area contributed by atoms with E-state index in [-0.39, 0.29) is 5.92 Å². The van der Waals surface area contributed by atoms with E-state index in [2.05, 4.69) is 83.8 Å². The Hall–Kier alpha value is -3.49. The molecule has 2 aromatic carbocycles. The van der Waals surface area contributed by atoms with E-state index in [9.17, 15) is 4.79 Å². The second kappa shape index (κ2) is 11.5. The molecule has 5 heterocycles. The van der Waals surface area contributed by atoms with Crippen LogP contribution in [0.2, 0.25) is 0 Å². The van der Waals surface area contributed by atoms with Gasteiger partial charge in [-0.1, -0.05) is 12.1 Å². The fourth-order valence-corrected chi connectivity index (χ4v) is 6.09. The third kappa shape index (κ3) is 5.24. The number of aromatic amines is 2. The van der Waals surface area contributed by atoms with Gasteiger partial charge in [-0.3, -0.25) is 4.79 Å². The highest BCUT2D eigenvalue weighted by molar-refractivity contribution is 5.93. The van der Waals surface area contributed by atoms with Crippen LogP contribution in [0.5, 0.6) is 0 Å². The zero-order valence-corrected chi connectivity index (χ0v) is 22.1. The molecule has 0 radical (unpaired) electrons. The zero-order valence-electron chi connectivity index (χ0n) is 22.1. The maximum Gasteiger partial charge on any atom is 0.225 e. The van der Waals surface area contributed by atoms with Crippen LogP contribution in [-0.4, -0.2) is 86.2 Å². The molecule has 3 fully saturated rings. The van der Waals surface area contributed by atoms with Crippen LogP contribution in [0.3, 0.4) is 0 Å². The molecular formula is C30H39N7O. The fraction of sp³-hybridized carbons (Fsp3) is 0.433. The summed E-state index contributed by atoms with van der Waals surface area (Å²) < 4.78 is 0. The van der Waals surface area contributed by atoms with Gasteiger partial charge in [-0.15, -0.1) is 0 Å². The summed E-state index contributed by atoms with van der Waals surface area (Å²) in [7, 11) is 0. The number of amides is 1. The number of carbonyl (C=O) groups excluding carboxylic acids is 1. The molecule has 3 aliphatic heterocycles. The Bertz CT molecular complexity index is 1340. The number of piperidine rings is 1. The van der Waals surface area contributed by atoms with Crippen molar-refractivity contribution in [2.45, 2.75) is 12.8 Å². The highest BCUT2D eigenvalue weighted by Crippen LogP contribution is 2.28. The number of nitrogens with zero attached hydrogens (tertiary/aromatic N) is 3. The van der Waals surface area contributed by atoms with Crippen molar-refractivity contribution in [3.63, 3.8) is 0 Å². The molecule has 7 rings (SSSR count). The quantitative estimate of drug-likeness (QED) is 0.338. The molecule has 0 spiro atoms. The number of piperazine rings is 2. The van der Waals surface area contributed by atoms with E-state index in [4.69, 9.17) is 0 Å². The lowest BCUT2D eigenvalue weighted by molar-refractivity contribution is -0.136. The number of rotatable bonds is 3. The van der Waals surface area contributed by atoms with Gasteiger partial charge in [0.15, 0.2) is 0 Å². The van der Waals surface area contributed by atoms with Crippen LogP contribution in [0.15, 0.2) is 60.9 Å². The minimum atomic E-state index is 0.232. The van der Waals surface area contributed by atoms with Gasteiger partial charge in [-0.25, -0.2) is 0 Å². The number of fused-ring (bicyclic) bond motifs is 2. The van der Waals surface area contributed by atoms with Gasteiger partial charge in [-0.2, -0.15) is 0 Å². The topological polar surface area (TPSA) is 82.4 Å². The number of carbonyl (C=O) groups is 1. The van der Waals surface area contributed by atoms with Crippen molar-refractivity contribution < 1.29 is 4.79 Å². The number of aromatic nitrogens is 2. The third-order valence-electron chi connectivity index (χ3n) is 8.22. The van der Waals surface area contributed by atoms with Crippen LogP contribution in [0.1, 0.15) is 12.8 Å². The molecule has 0 aliphatic carbocycles. The maximum absolute atomic E-state index is 12.6. The second-order valence-electron chi connectivity index (χ2n) is 10.5. The lowest BCUT2D eigenvalue weighted by Crippen LogP contribution is -2.51. The largest absolute Gasteiger partial charge is 0.368 e. The lowest BCUT2D eigenvalue weighted by Gasteiger charge is -2.38. The van der Waals surface area contributed by atoms with E-state index < -0.39 is 0 Å². The van der Waals surface area contributed by atoms with Crippen LogP contribution in [0, 0.1) is 5.92 Å². The Balaban J connectivity index is 0.000000152. The van der Waals surface area contributed by atoms with E-state index in [0.717, 1.165) is 78.3 Å². The Morgan fingerprint density at radius 3 is 1.74 bits per heavy atom. The van der Waals surface area contributed by atoms with E-state index in [1.807, 2.05) is 12.4 Å². The molecule has 0 unspecified atom stereocenters. The van der Waals surface area contributed by atoms with Gasteiger partial charge in [-0.05, 0) is 62.3 Å². The van der Waals surface area contributed by atoms with Crippen molar-refractivity contribution in [1.82, 2.24) is 25.5 Å². The average Bonchev–Trinajstić information content (AvgIpc) is 3.68. The highest BCUT2D eigenvalue weighted by Gasteiger charge is 2.28. The molecule has 8 heteroatoms. The summed E-state index contributed by atoms with van der Waals surface area (Å²) in [5.74, 6) is 0.599. The average molecular weight is 514 g/mol. The number of hydrogen-bond acceptors (Lipinski definition) is 5. The monoisotopic (exact) mass is 513 g/mol. The molecule has 200 valence electrons. The summed E-state index contributed by atoms with van der Waals surface area (Å²) >= 11 is 0. The molecule has 8 nitrogen and oxygen atoms in total. The Morgan fingerprint density at radius 1 is 0.632 bits per heavy atom. The predicted octanol–water partition coefficient (Wildman–Crippen LogP) is 3.39. The molecule has 38 heavy (non-hydrogen) atoms. The van der Waals surface area contributed by atoms with Crippen molar-refractivity contribution >= 4 is 39.1 Å². The van der Waals surface area contributed by atoms with Gasteiger partial charge in [0, 0.05) is 104 Å². The Labute approximate surface area is 224 Å². The van der Waals surface area contributed by atoms with Crippen LogP contribution in [0.4, 0.5) is 11.4 Å². The summed E-state index contributed by atoms with van der Waals surface area (Å²) in [4.78, 5) is 26.1. The summed E-state index contributed by atoms with van der Waals surface area (Å²) in [6.45, 7) is 9.84.